The van der Waals surface area contributed by atoms with E-state index in [9.17, 15) is 0 Å². The monoisotopic (exact) mass is 237 g/mol. The van der Waals surface area contributed by atoms with Gasteiger partial charge in [-0.15, -0.1) is 0 Å². The zero-order valence-electron chi connectivity index (χ0n) is 10.5. The highest BCUT2D eigenvalue weighted by Gasteiger charge is 2.07. The maximum Gasteiger partial charge on any atom is 0.138 e. The van der Waals surface area contributed by atoms with Gasteiger partial charge in [-0.2, -0.15) is 0 Å². The molecule has 3 heteroatoms. The fourth-order valence-electron chi connectivity index (χ4n) is 2.11. The summed E-state index contributed by atoms with van der Waals surface area (Å²) in [5.41, 5.74) is 12.0. The number of nitrogens with two attached hydrogens (primary N) is 1. The van der Waals surface area contributed by atoms with Crippen LogP contribution in [0.2, 0.25) is 0 Å². The molecule has 0 aliphatic rings. The highest BCUT2D eigenvalue weighted by atomic mass is 14.9. The molecule has 0 aliphatic heterocycles. The minimum absolute atomic E-state index is 0.782. The number of hydrogen-bond acceptors (Lipinski definition) is 2. The van der Waals surface area contributed by atoms with Crippen LogP contribution < -0.4 is 5.73 Å². The van der Waals surface area contributed by atoms with E-state index in [1.165, 1.54) is 5.56 Å². The lowest BCUT2D eigenvalue weighted by molar-refractivity contribution is 1.32. The van der Waals surface area contributed by atoms with Gasteiger partial charge < -0.3 is 10.7 Å². The molecule has 0 spiro atoms. The zero-order valence-corrected chi connectivity index (χ0v) is 10.5. The van der Waals surface area contributed by atoms with E-state index in [1.54, 1.807) is 0 Å². The molecular weight excluding hydrogens is 222 g/mol. The highest BCUT2D eigenvalue weighted by molar-refractivity contribution is 5.83. The molecule has 1 aromatic heterocycles. The second-order valence-corrected chi connectivity index (χ2v) is 4.68. The Balaban J connectivity index is 2.19. The van der Waals surface area contributed by atoms with E-state index in [-0.39, 0.29) is 0 Å². The first-order valence-corrected chi connectivity index (χ1v) is 5.96. The minimum atomic E-state index is 0.782. The van der Waals surface area contributed by atoms with Crippen molar-refractivity contribution < 1.29 is 0 Å². The van der Waals surface area contributed by atoms with Crippen LogP contribution >= 0.6 is 0 Å². The van der Waals surface area contributed by atoms with Crippen molar-refractivity contribution in [2.75, 3.05) is 5.73 Å². The molecule has 0 fully saturated rings. The lowest BCUT2D eigenvalue weighted by atomic mass is 10.1. The lowest BCUT2D eigenvalue weighted by Gasteiger charge is -1.97. The molecule has 3 N–H and O–H groups in total. The van der Waals surface area contributed by atoms with Crippen LogP contribution in [0.1, 0.15) is 11.1 Å². The molecule has 18 heavy (non-hydrogen) atoms. The number of nitrogens with one attached hydrogen (secondary N) is 1. The molecule has 0 saturated heterocycles. The van der Waals surface area contributed by atoms with Crippen molar-refractivity contribution in [3.8, 4) is 11.4 Å². The van der Waals surface area contributed by atoms with Crippen molar-refractivity contribution in [3.05, 3.63) is 47.5 Å². The van der Waals surface area contributed by atoms with E-state index in [0.717, 1.165) is 33.7 Å². The summed E-state index contributed by atoms with van der Waals surface area (Å²) in [4.78, 5) is 7.93. The topological polar surface area (TPSA) is 54.7 Å². The van der Waals surface area contributed by atoms with Crippen LogP contribution in [0.5, 0.6) is 0 Å². The third-order valence-electron chi connectivity index (χ3n) is 3.16. The summed E-state index contributed by atoms with van der Waals surface area (Å²) in [7, 11) is 0. The van der Waals surface area contributed by atoms with Crippen molar-refractivity contribution in [1.82, 2.24) is 9.97 Å². The van der Waals surface area contributed by atoms with Gasteiger partial charge in [-0.3, -0.25) is 0 Å². The molecule has 2 aromatic carbocycles. The Morgan fingerprint density at radius 1 is 1.11 bits per heavy atom. The zero-order chi connectivity index (χ0) is 12.7. The van der Waals surface area contributed by atoms with Crippen LogP contribution in [0.3, 0.4) is 0 Å². The molecular formula is C15H15N3. The van der Waals surface area contributed by atoms with Gasteiger partial charge in [-0.25, -0.2) is 4.98 Å². The van der Waals surface area contributed by atoms with Gasteiger partial charge in [-0.1, -0.05) is 23.8 Å². The van der Waals surface area contributed by atoms with E-state index < -0.39 is 0 Å². The Labute approximate surface area is 106 Å². The third-order valence-corrected chi connectivity index (χ3v) is 3.16. The SMILES string of the molecule is Cc1cccc(-c2nc3cc(N)c(C)cc3[nH]2)c1. The van der Waals surface area contributed by atoms with Gasteiger partial charge in [0.1, 0.15) is 5.82 Å². The van der Waals surface area contributed by atoms with Gasteiger partial charge in [0.2, 0.25) is 0 Å². The number of aryl methyl sites for hydroxylation is 2. The van der Waals surface area contributed by atoms with Crippen LogP contribution in [-0.4, -0.2) is 9.97 Å². The first-order valence-electron chi connectivity index (χ1n) is 5.96. The van der Waals surface area contributed by atoms with Gasteiger partial charge in [0, 0.05) is 11.3 Å². The summed E-state index contributed by atoms with van der Waals surface area (Å²) in [6.07, 6.45) is 0. The number of aromatic amines is 1. The van der Waals surface area contributed by atoms with Crippen LogP contribution in [0.15, 0.2) is 36.4 Å². The first kappa shape index (κ1) is 10.8. The van der Waals surface area contributed by atoms with Crippen LogP contribution in [0.25, 0.3) is 22.4 Å². The van der Waals surface area contributed by atoms with Gasteiger partial charge >= 0.3 is 0 Å². The Kier molecular flexibility index (Phi) is 2.33. The molecule has 90 valence electrons. The maximum atomic E-state index is 5.90. The lowest BCUT2D eigenvalue weighted by Crippen LogP contribution is -1.88. The Morgan fingerprint density at radius 2 is 1.94 bits per heavy atom. The van der Waals surface area contributed by atoms with E-state index in [1.807, 2.05) is 25.1 Å². The largest absolute Gasteiger partial charge is 0.398 e. The van der Waals surface area contributed by atoms with Crippen LogP contribution in [-0.2, 0) is 0 Å². The van der Waals surface area contributed by atoms with Crippen LogP contribution in [0.4, 0.5) is 5.69 Å². The minimum Gasteiger partial charge on any atom is -0.398 e. The Morgan fingerprint density at radius 3 is 2.72 bits per heavy atom. The van der Waals surface area contributed by atoms with Crippen LogP contribution in [0, 0.1) is 13.8 Å². The average Bonchev–Trinajstić information content (AvgIpc) is 2.73. The number of hydrogen-bond donors (Lipinski definition) is 2. The van der Waals surface area contributed by atoms with E-state index in [4.69, 9.17) is 5.73 Å². The highest BCUT2D eigenvalue weighted by Crippen LogP contribution is 2.24. The number of anilines is 1. The third kappa shape index (κ3) is 1.74. The summed E-state index contributed by atoms with van der Waals surface area (Å²) in [6, 6.07) is 12.2. The molecule has 3 nitrogen and oxygen atoms in total. The molecule has 0 radical (unpaired) electrons. The smallest absolute Gasteiger partial charge is 0.138 e. The number of rotatable bonds is 1. The van der Waals surface area contributed by atoms with E-state index in [0.29, 0.717) is 0 Å². The predicted octanol–water partition coefficient (Wildman–Crippen LogP) is 3.43. The molecule has 0 saturated carbocycles. The van der Waals surface area contributed by atoms with Gasteiger partial charge in [0.15, 0.2) is 0 Å². The van der Waals surface area contributed by atoms with E-state index >= 15 is 0 Å². The van der Waals surface area contributed by atoms with E-state index in [2.05, 4.69) is 35.1 Å². The molecule has 3 rings (SSSR count). The summed E-state index contributed by atoms with van der Waals surface area (Å²) in [5, 5.41) is 0. The molecule has 1 heterocycles. The second-order valence-electron chi connectivity index (χ2n) is 4.68. The van der Waals surface area contributed by atoms with Gasteiger partial charge in [0.25, 0.3) is 0 Å². The fraction of sp³-hybridized carbons (Fsp3) is 0.133. The van der Waals surface area contributed by atoms with Crippen molar-refractivity contribution in [2.24, 2.45) is 0 Å². The predicted molar refractivity (Wildman–Crippen MR) is 75.4 cm³/mol. The number of imidazole rings is 1. The van der Waals surface area contributed by atoms with Gasteiger partial charge in [-0.05, 0) is 37.6 Å². The number of aromatic nitrogens is 2. The summed E-state index contributed by atoms with van der Waals surface area (Å²) in [6.45, 7) is 4.08. The summed E-state index contributed by atoms with van der Waals surface area (Å²) in [5.74, 6) is 0.888. The number of benzene rings is 2. The summed E-state index contributed by atoms with van der Waals surface area (Å²) < 4.78 is 0. The standard InChI is InChI=1S/C15H15N3/c1-9-4-3-5-11(6-9)15-17-13-7-10(2)12(16)8-14(13)18-15/h3-8H,16H2,1-2H3,(H,17,18). The maximum absolute atomic E-state index is 5.90. The van der Waals surface area contributed by atoms with Crippen molar-refractivity contribution >= 4 is 16.7 Å². The van der Waals surface area contributed by atoms with Crippen molar-refractivity contribution in [2.45, 2.75) is 13.8 Å². The molecule has 0 bridgehead atoms. The fourth-order valence-corrected chi connectivity index (χ4v) is 2.11. The number of H-pyrrole nitrogens is 1. The Hall–Kier alpha value is -2.29. The van der Waals surface area contributed by atoms with Crippen molar-refractivity contribution in [3.63, 3.8) is 0 Å². The molecule has 0 atom stereocenters. The molecule has 0 unspecified atom stereocenters. The Bertz CT molecular complexity index is 687. The quantitative estimate of drug-likeness (QED) is 0.637. The number of fused-ring (bicyclic) bond motifs is 1. The molecule has 0 amide bonds. The molecule has 3 aromatic rings. The summed E-state index contributed by atoms with van der Waals surface area (Å²) >= 11 is 0. The number of nitrogens with zero attached hydrogens (tertiary/aromatic N) is 1. The molecule has 0 aliphatic carbocycles. The first-order chi connectivity index (χ1) is 8.63. The second kappa shape index (κ2) is 3.88. The number of nitrogen functional groups attached to an aromatic ring is 1. The van der Waals surface area contributed by atoms with Gasteiger partial charge in [0.05, 0.1) is 11.0 Å². The van der Waals surface area contributed by atoms with Crippen molar-refractivity contribution in [1.29, 1.82) is 0 Å². The average molecular weight is 237 g/mol. The normalized spacial score (nSPS) is 11.0.